The first-order chi connectivity index (χ1) is 9.65. The lowest BCUT2D eigenvalue weighted by molar-refractivity contribution is 0.0600. The van der Waals surface area contributed by atoms with Crippen LogP contribution in [-0.4, -0.2) is 18.9 Å². The molecule has 0 atom stereocenters. The maximum absolute atomic E-state index is 12.2. The van der Waals surface area contributed by atoms with Crippen LogP contribution in [0.2, 0.25) is 0 Å². The highest BCUT2D eigenvalue weighted by molar-refractivity contribution is 6.09. The lowest BCUT2D eigenvalue weighted by atomic mass is 10.0. The fourth-order valence-electron chi connectivity index (χ4n) is 1.74. The van der Waals surface area contributed by atoms with E-state index in [0.717, 1.165) is 0 Å². The minimum Gasteiger partial charge on any atom is -0.465 e. The summed E-state index contributed by atoms with van der Waals surface area (Å²) in [4.78, 5) is 23.5. The third-order valence-electron chi connectivity index (χ3n) is 2.84. The Hall–Kier alpha value is -2.93. The maximum atomic E-state index is 12.2. The number of hydrogen-bond acceptors (Lipinski definition) is 4. The van der Waals surface area contributed by atoms with E-state index in [1.54, 1.807) is 48.5 Å². The minimum atomic E-state index is -0.442. The van der Waals surface area contributed by atoms with Crippen molar-refractivity contribution >= 4 is 11.8 Å². The van der Waals surface area contributed by atoms with Crippen molar-refractivity contribution in [3.05, 3.63) is 70.8 Å². The molecule has 0 aliphatic heterocycles. The van der Waals surface area contributed by atoms with Crippen LogP contribution in [0.15, 0.2) is 48.5 Å². The number of rotatable bonds is 3. The summed E-state index contributed by atoms with van der Waals surface area (Å²) in [5.74, 6) is -0.603. The molecule has 0 amide bonds. The number of carbonyl (C=O) groups excluding carboxylic acids is 2. The summed E-state index contributed by atoms with van der Waals surface area (Å²) in [5.41, 5.74) is 1.86. The molecule has 0 bridgehead atoms. The van der Waals surface area contributed by atoms with Gasteiger partial charge in [-0.1, -0.05) is 12.1 Å². The Morgan fingerprint density at radius 3 is 1.80 bits per heavy atom. The van der Waals surface area contributed by atoms with Crippen LogP contribution in [0.5, 0.6) is 0 Å². The van der Waals surface area contributed by atoms with Crippen molar-refractivity contribution in [3.63, 3.8) is 0 Å². The highest BCUT2D eigenvalue weighted by atomic mass is 16.5. The van der Waals surface area contributed by atoms with E-state index in [0.29, 0.717) is 22.3 Å². The SMILES string of the molecule is COC(=O)c1ccc(C(=O)c2ccc(C#N)cc2)cc1. The first-order valence-electron chi connectivity index (χ1n) is 5.89. The number of benzene rings is 2. The van der Waals surface area contributed by atoms with Crippen molar-refractivity contribution in [3.8, 4) is 6.07 Å². The quantitative estimate of drug-likeness (QED) is 0.632. The largest absolute Gasteiger partial charge is 0.465 e. The summed E-state index contributed by atoms with van der Waals surface area (Å²) >= 11 is 0. The predicted octanol–water partition coefficient (Wildman–Crippen LogP) is 2.58. The molecule has 0 aromatic heterocycles. The molecule has 2 aromatic carbocycles. The van der Waals surface area contributed by atoms with E-state index in [1.807, 2.05) is 6.07 Å². The molecule has 0 aliphatic carbocycles. The molecule has 20 heavy (non-hydrogen) atoms. The number of methoxy groups -OCH3 is 1. The van der Waals surface area contributed by atoms with Gasteiger partial charge in [0, 0.05) is 11.1 Å². The van der Waals surface area contributed by atoms with E-state index in [-0.39, 0.29) is 5.78 Å². The molecule has 98 valence electrons. The van der Waals surface area contributed by atoms with Gasteiger partial charge in [-0.15, -0.1) is 0 Å². The molecule has 2 rings (SSSR count). The van der Waals surface area contributed by atoms with Gasteiger partial charge in [-0.05, 0) is 36.4 Å². The highest BCUT2D eigenvalue weighted by Crippen LogP contribution is 2.12. The van der Waals surface area contributed by atoms with Gasteiger partial charge in [0.2, 0.25) is 0 Å². The van der Waals surface area contributed by atoms with Gasteiger partial charge in [-0.2, -0.15) is 5.26 Å². The molecule has 0 saturated heterocycles. The number of hydrogen-bond donors (Lipinski definition) is 0. The second-order valence-electron chi connectivity index (χ2n) is 4.09. The monoisotopic (exact) mass is 265 g/mol. The summed E-state index contributed by atoms with van der Waals surface area (Å²) < 4.78 is 4.59. The summed E-state index contributed by atoms with van der Waals surface area (Å²) in [6, 6.07) is 14.6. The normalized spacial score (nSPS) is 9.60. The molecule has 0 heterocycles. The smallest absolute Gasteiger partial charge is 0.337 e. The number of ether oxygens (including phenoxy) is 1. The predicted molar refractivity (Wildman–Crippen MR) is 72.4 cm³/mol. The van der Waals surface area contributed by atoms with Gasteiger partial charge in [-0.25, -0.2) is 4.79 Å². The lowest BCUT2D eigenvalue weighted by Crippen LogP contribution is -2.04. The highest BCUT2D eigenvalue weighted by Gasteiger charge is 2.11. The topological polar surface area (TPSA) is 67.2 Å². The van der Waals surface area contributed by atoms with E-state index in [1.165, 1.54) is 7.11 Å². The average Bonchev–Trinajstić information content (AvgIpc) is 2.53. The zero-order chi connectivity index (χ0) is 14.5. The fourth-order valence-corrected chi connectivity index (χ4v) is 1.74. The standard InChI is InChI=1S/C16H11NO3/c1-20-16(19)14-8-6-13(7-9-14)15(18)12-4-2-11(10-17)3-5-12/h2-9H,1H3. The van der Waals surface area contributed by atoms with Crippen LogP contribution in [0.4, 0.5) is 0 Å². The Morgan fingerprint density at radius 2 is 1.35 bits per heavy atom. The minimum absolute atomic E-state index is 0.161. The van der Waals surface area contributed by atoms with Crippen molar-refractivity contribution in [1.29, 1.82) is 5.26 Å². The van der Waals surface area contributed by atoms with Crippen LogP contribution in [0.1, 0.15) is 31.8 Å². The molecule has 0 spiro atoms. The van der Waals surface area contributed by atoms with Crippen LogP contribution in [-0.2, 0) is 4.74 Å². The first-order valence-corrected chi connectivity index (χ1v) is 5.89. The lowest BCUT2D eigenvalue weighted by Gasteiger charge is -2.03. The Bertz CT molecular complexity index is 679. The summed E-state index contributed by atoms with van der Waals surface area (Å²) in [6.07, 6.45) is 0. The van der Waals surface area contributed by atoms with Crippen molar-refractivity contribution in [1.82, 2.24) is 0 Å². The Kier molecular flexibility index (Phi) is 3.92. The molecule has 4 nitrogen and oxygen atoms in total. The fraction of sp³-hybridized carbons (Fsp3) is 0.0625. The second kappa shape index (κ2) is 5.81. The van der Waals surface area contributed by atoms with Crippen molar-refractivity contribution in [2.75, 3.05) is 7.11 Å². The third-order valence-corrected chi connectivity index (χ3v) is 2.84. The van der Waals surface area contributed by atoms with Gasteiger partial charge in [0.15, 0.2) is 5.78 Å². The molecular formula is C16H11NO3. The zero-order valence-corrected chi connectivity index (χ0v) is 10.8. The van der Waals surface area contributed by atoms with E-state index in [4.69, 9.17) is 5.26 Å². The molecule has 0 unspecified atom stereocenters. The van der Waals surface area contributed by atoms with Crippen molar-refractivity contribution in [2.24, 2.45) is 0 Å². The summed E-state index contributed by atoms with van der Waals surface area (Å²) in [6.45, 7) is 0. The van der Waals surface area contributed by atoms with Crippen molar-refractivity contribution < 1.29 is 14.3 Å². The van der Waals surface area contributed by atoms with Crippen molar-refractivity contribution in [2.45, 2.75) is 0 Å². The van der Waals surface area contributed by atoms with Crippen LogP contribution >= 0.6 is 0 Å². The van der Waals surface area contributed by atoms with Gasteiger partial charge < -0.3 is 4.74 Å². The van der Waals surface area contributed by atoms with Gasteiger partial charge in [-0.3, -0.25) is 4.79 Å². The first kappa shape index (κ1) is 13.5. The Labute approximate surface area is 116 Å². The maximum Gasteiger partial charge on any atom is 0.337 e. The van der Waals surface area contributed by atoms with Gasteiger partial charge >= 0.3 is 5.97 Å². The van der Waals surface area contributed by atoms with E-state index >= 15 is 0 Å². The van der Waals surface area contributed by atoms with Crippen LogP contribution < -0.4 is 0 Å². The number of esters is 1. The molecular weight excluding hydrogens is 254 g/mol. The second-order valence-corrected chi connectivity index (χ2v) is 4.09. The summed E-state index contributed by atoms with van der Waals surface area (Å²) in [5, 5.41) is 8.71. The van der Waals surface area contributed by atoms with E-state index < -0.39 is 5.97 Å². The molecule has 2 aromatic rings. The van der Waals surface area contributed by atoms with Crippen LogP contribution in [0.25, 0.3) is 0 Å². The van der Waals surface area contributed by atoms with Gasteiger partial charge in [0.1, 0.15) is 0 Å². The summed E-state index contributed by atoms with van der Waals surface area (Å²) in [7, 11) is 1.30. The molecule has 0 saturated carbocycles. The number of nitriles is 1. The molecule has 0 fully saturated rings. The Morgan fingerprint density at radius 1 is 0.900 bits per heavy atom. The third kappa shape index (κ3) is 2.73. The zero-order valence-electron chi connectivity index (χ0n) is 10.8. The number of carbonyl (C=O) groups is 2. The molecule has 0 N–H and O–H groups in total. The molecule has 4 heteroatoms. The molecule has 0 radical (unpaired) electrons. The Balaban J connectivity index is 2.24. The van der Waals surface area contributed by atoms with Crippen LogP contribution in [0, 0.1) is 11.3 Å². The van der Waals surface area contributed by atoms with Gasteiger partial charge in [0.25, 0.3) is 0 Å². The molecule has 0 aliphatic rings. The number of ketones is 1. The number of nitrogens with zero attached hydrogens (tertiary/aromatic N) is 1. The van der Waals surface area contributed by atoms with E-state index in [2.05, 4.69) is 4.74 Å². The average molecular weight is 265 g/mol. The van der Waals surface area contributed by atoms with Crippen LogP contribution in [0.3, 0.4) is 0 Å². The van der Waals surface area contributed by atoms with Gasteiger partial charge in [0.05, 0.1) is 24.3 Å². The van der Waals surface area contributed by atoms with E-state index in [9.17, 15) is 9.59 Å².